The van der Waals surface area contributed by atoms with E-state index in [0.717, 1.165) is 25.9 Å². The van der Waals surface area contributed by atoms with E-state index in [4.69, 9.17) is 11.1 Å². The summed E-state index contributed by atoms with van der Waals surface area (Å²) in [5.41, 5.74) is 2.09. The molecule has 0 aliphatic rings. The van der Waals surface area contributed by atoms with Crippen LogP contribution in [-0.2, 0) is 4.79 Å². The number of nitrogens with one attached hydrogen (secondary N) is 1. The molecule has 0 saturated carbocycles. The smallest absolute Gasteiger partial charge is 0.233 e. The number of unbranched alkanes of at least 4 members (excludes halogenated alkanes) is 1. The Kier molecular flexibility index (Phi) is 7.80. The molecule has 0 radical (unpaired) electrons. The molecule has 0 rings (SSSR count). The molecule has 0 aromatic heterocycles. The summed E-state index contributed by atoms with van der Waals surface area (Å²) in [5, 5.41) is 8.35. The summed E-state index contributed by atoms with van der Waals surface area (Å²) in [6.07, 6.45) is 2.82. The molecule has 3 N–H and O–H groups in total. The molecule has 0 aliphatic carbocycles. The average molecular weight is 198 g/mol. The molecule has 1 amide bonds. The van der Waals surface area contributed by atoms with Gasteiger partial charge in [-0.3, -0.25) is 10.2 Å². The van der Waals surface area contributed by atoms with Crippen LogP contribution in [-0.4, -0.2) is 30.9 Å². The van der Waals surface area contributed by atoms with E-state index in [2.05, 4.69) is 16.4 Å². The second-order valence-corrected chi connectivity index (χ2v) is 3.24. The van der Waals surface area contributed by atoms with Gasteiger partial charge >= 0.3 is 0 Å². The molecule has 0 aromatic rings. The zero-order valence-corrected chi connectivity index (χ0v) is 8.62. The van der Waals surface area contributed by atoms with Gasteiger partial charge in [-0.05, 0) is 26.4 Å². The van der Waals surface area contributed by atoms with Crippen molar-refractivity contribution in [1.29, 1.82) is 5.26 Å². The van der Waals surface area contributed by atoms with E-state index in [9.17, 15) is 4.79 Å². The number of nitriles is 1. The molecular formula is C9H18N4O. The van der Waals surface area contributed by atoms with E-state index in [1.807, 2.05) is 7.05 Å². The Bertz CT molecular complexity index is 199. The summed E-state index contributed by atoms with van der Waals surface area (Å²) in [6, 6.07) is 2.09. The van der Waals surface area contributed by atoms with Crippen molar-refractivity contribution in [2.24, 2.45) is 5.84 Å². The highest BCUT2D eigenvalue weighted by Gasteiger charge is 2.00. The quantitative estimate of drug-likeness (QED) is 0.261. The molecule has 0 spiro atoms. The summed E-state index contributed by atoms with van der Waals surface area (Å²) in [7, 11) is 1.97. The minimum atomic E-state index is -0.121. The number of hydrogen-bond acceptors (Lipinski definition) is 4. The van der Waals surface area contributed by atoms with Gasteiger partial charge in [0.2, 0.25) is 5.91 Å². The average Bonchev–Trinajstić information content (AvgIpc) is 2.21. The van der Waals surface area contributed by atoms with Crippen molar-refractivity contribution in [2.75, 3.05) is 20.1 Å². The standard InChI is InChI=1S/C9H18N4O/c1-13(8-4-6-10)7-3-2-5-9(14)12-11/h2-5,7-8,11H2,1H3,(H,12,14). The molecule has 14 heavy (non-hydrogen) atoms. The number of hydrogen-bond donors (Lipinski definition) is 2. The molecular weight excluding hydrogens is 180 g/mol. The van der Waals surface area contributed by atoms with Crippen molar-refractivity contribution >= 4 is 5.91 Å². The first-order valence-corrected chi connectivity index (χ1v) is 4.75. The monoisotopic (exact) mass is 198 g/mol. The second kappa shape index (κ2) is 8.48. The van der Waals surface area contributed by atoms with E-state index in [-0.39, 0.29) is 5.91 Å². The number of rotatable bonds is 7. The molecule has 0 bridgehead atoms. The lowest BCUT2D eigenvalue weighted by Gasteiger charge is -2.13. The van der Waals surface area contributed by atoms with E-state index >= 15 is 0 Å². The van der Waals surface area contributed by atoms with Crippen molar-refractivity contribution in [3.63, 3.8) is 0 Å². The molecule has 0 atom stereocenters. The lowest BCUT2D eigenvalue weighted by molar-refractivity contribution is -0.121. The lowest BCUT2D eigenvalue weighted by Crippen LogP contribution is -2.29. The SMILES string of the molecule is CN(CCC#N)CCCCC(=O)NN. The highest BCUT2D eigenvalue weighted by molar-refractivity contribution is 5.74. The summed E-state index contributed by atoms with van der Waals surface area (Å²) >= 11 is 0. The maximum Gasteiger partial charge on any atom is 0.233 e. The van der Waals surface area contributed by atoms with Crippen LogP contribution in [0, 0.1) is 11.3 Å². The Morgan fingerprint density at radius 3 is 2.79 bits per heavy atom. The van der Waals surface area contributed by atoms with Crippen LogP contribution in [0.4, 0.5) is 0 Å². The number of nitrogens with zero attached hydrogens (tertiary/aromatic N) is 2. The van der Waals surface area contributed by atoms with E-state index < -0.39 is 0 Å². The van der Waals surface area contributed by atoms with Crippen molar-refractivity contribution < 1.29 is 4.79 Å². The Hall–Kier alpha value is -1.12. The van der Waals surface area contributed by atoms with E-state index in [1.165, 1.54) is 0 Å². The highest BCUT2D eigenvalue weighted by Crippen LogP contribution is 1.97. The highest BCUT2D eigenvalue weighted by atomic mass is 16.2. The van der Waals surface area contributed by atoms with Crippen molar-refractivity contribution in [1.82, 2.24) is 10.3 Å². The van der Waals surface area contributed by atoms with Gasteiger partial charge in [0, 0.05) is 19.4 Å². The van der Waals surface area contributed by atoms with Gasteiger partial charge in [-0.25, -0.2) is 5.84 Å². The largest absolute Gasteiger partial charge is 0.305 e. The maximum absolute atomic E-state index is 10.7. The lowest BCUT2D eigenvalue weighted by atomic mass is 10.2. The van der Waals surface area contributed by atoms with Crippen LogP contribution < -0.4 is 11.3 Å². The fourth-order valence-electron chi connectivity index (χ4n) is 1.09. The molecule has 5 heteroatoms. The molecule has 0 heterocycles. The van der Waals surface area contributed by atoms with Crippen molar-refractivity contribution in [3.8, 4) is 6.07 Å². The summed E-state index contributed by atoms with van der Waals surface area (Å²) < 4.78 is 0. The van der Waals surface area contributed by atoms with Crippen LogP contribution in [0.3, 0.4) is 0 Å². The topological polar surface area (TPSA) is 82.2 Å². The molecule has 0 unspecified atom stereocenters. The molecule has 0 aromatic carbocycles. The Morgan fingerprint density at radius 1 is 1.50 bits per heavy atom. The normalized spacial score (nSPS) is 9.86. The summed E-state index contributed by atoms with van der Waals surface area (Å²) in [5.74, 6) is 4.81. The first-order valence-electron chi connectivity index (χ1n) is 4.75. The number of carbonyl (C=O) groups excluding carboxylic acids is 1. The fourth-order valence-corrected chi connectivity index (χ4v) is 1.09. The van der Waals surface area contributed by atoms with Crippen LogP contribution in [0.15, 0.2) is 0 Å². The number of hydrazine groups is 1. The third kappa shape index (κ3) is 7.53. The van der Waals surface area contributed by atoms with Crippen LogP contribution in [0.1, 0.15) is 25.7 Å². The predicted molar refractivity (Wildman–Crippen MR) is 53.9 cm³/mol. The zero-order chi connectivity index (χ0) is 10.8. The molecule has 0 aliphatic heterocycles. The molecule has 80 valence electrons. The Labute approximate surface area is 84.8 Å². The van der Waals surface area contributed by atoms with Gasteiger partial charge in [0.25, 0.3) is 0 Å². The summed E-state index contributed by atoms with van der Waals surface area (Å²) in [4.78, 5) is 12.8. The predicted octanol–water partition coefficient (Wildman–Crippen LogP) is -0.00792. The van der Waals surface area contributed by atoms with Gasteiger partial charge in [0.05, 0.1) is 6.07 Å². The van der Waals surface area contributed by atoms with Gasteiger partial charge in [-0.1, -0.05) is 0 Å². The number of nitrogens with two attached hydrogens (primary N) is 1. The molecule has 5 nitrogen and oxygen atoms in total. The Morgan fingerprint density at radius 2 is 2.21 bits per heavy atom. The van der Waals surface area contributed by atoms with Gasteiger partial charge in [0.1, 0.15) is 0 Å². The van der Waals surface area contributed by atoms with Crippen LogP contribution >= 0.6 is 0 Å². The van der Waals surface area contributed by atoms with Gasteiger partial charge in [-0.2, -0.15) is 5.26 Å². The van der Waals surface area contributed by atoms with Crippen molar-refractivity contribution in [2.45, 2.75) is 25.7 Å². The van der Waals surface area contributed by atoms with Gasteiger partial charge in [-0.15, -0.1) is 0 Å². The number of carbonyl (C=O) groups is 1. The van der Waals surface area contributed by atoms with Crippen LogP contribution in [0.2, 0.25) is 0 Å². The van der Waals surface area contributed by atoms with E-state index in [1.54, 1.807) is 0 Å². The second-order valence-electron chi connectivity index (χ2n) is 3.24. The summed E-state index contributed by atoms with van der Waals surface area (Å²) in [6.45, 7) is 1.71. The molecule has 0 saturated heterocycles. The first kappa shape index (κ1) is 12.9. The van der Waals surface area contributed by atoms with Crippen molar-refractivity contribution in [3.05, 3.63) is 0 Å². The third-order valence-corrected chi connectivity index (χ3v) is 1.96. The minimum absolute atomic E-state index is 0.121. The first-order chi connectivity index (χ1) is 6.70. The van der Waals surface area contributed by atoms with Gasteiger partial charge in [0.15, 0.2) is 0 Å². The van der Waals surface area contributed by atoms with Crippen LogP contribution in [0.25, 0.3) is 0 Å². The molecule has 0 fully saturated rings. The maximum atomic E-state index is 10.7. The fraction of sp³-hybridized carbons (Fsp3) is 0.778. The number of amides is 1. The Balaban J connectivity index is 3.27. The van der Waals surface area contributed by atoms with Gasteiger partial charge < -0.3 is 4.90 Å². The zero-order valence-electron chi connectivity index (χ0n) is 8.62. The third-order valence-electron chi connectivity index (χ3n) is 1.96. The van der Waals surface area contributed by atoms with E-state index in [0.29, 0.717) is 12.8 Å². The van der Waals surface area contributed by atoms with Crippen LogP contribution in [0.5, 0.6) is 0 Å². The minimum Gasteiger partial charge on any atom is -0.305 e.